The van der Waals surface area contributed by atoms with Gasteiger partial charge in [0.2, 0.25) is 5.91 Å². The molecule has 0 bridgehead atoms. The molecule has 2 rings (SSSR count). The van der Waals surface area contributed by atoms with Crippen molar-refractivity contribution >= 4 is 17.3 Å². The zero-order valence-electron chi connectivity index (χ0n) is 11.2. The molecule has 0 saturated heterocycles. The molecule has 0 aliphatic heterocycles. The largest absolute Gasteiger partial charge is 0.382 e. The van der Waals surface area contributed by atoms with Gasteiger partial charge < -0.3 is 10.6 Å². The Balaban J connectivity index is 1.91. The molecule has 1 saturated carbocycles. The molecule has 1 unspecified atom stereocenters. The highest BCUT2D eigenvalue weighted by molar-refractivity contribution is 5.88. The molecular weight excluding hydrogens is 224 g/mol. The van der Waals surface area contributed by atoms with Gasteiger partial charge in [-0.05, 0) is 49.9 Å². The number of anilines is 2. The highest BCUT2D eigenvalue weighted by atomic mass is 16.1. The Labute approximate surface area is 109 Å². The van der Waals surface area contributed by atoms with Crippen LogP contribution in [0.1, 0.15) is 39.5 Å². The number of nitrogens with one attached hydrogen (secondary N) is 2. The zero-order chi connectivity index (χ0) is 13.0. The molecule has 1 aliphatic carbocycles. The summed E-state index contributed by atoms with van der Waals surface area (Å²) < 4.78 is 0. The van der Waals surface area contributed by atoms with E-state index in [0.29, 0.717) is 6.04 Å². The van der Waals surface area contributed by atoms with E-state index >= 15 is 0 Å². The predicted molar refractivity (Wildman–Crippen MR) is 75.8 cm³/mol. The molecule has 0 radical (unpaired) electrons. The average Bonchev–Trinajstić information content (AvgIpc) is 2.84. The fourth-order valence-corrected chi connectivity index (χ4v) is 2.69. The smallest absolute Gasteiger partial charge is 0.221 e. The summed E-state index contributed by atoms with van der Waals surface area (Å²) in [5, 5.41) is 6.33. The topological polar surface area (TPSA) is 41.1 Å². The minimum atomic E-state index is -0.0324. The lowest BCUT2D eigenvalue weighted by Crippen LogP contribution is -2.23. The number of hydrogen-bond acceptors (Lipinski definition) is 2. The first-order chi connectivity index (χ1) is 8.65. The van der Waals surface area contributed by atoms with Gasteiger partial charge in [-0.1, -0.05) is 12.8 Å². The van der Waals surface area contributed by atoms with Crippen LogP contribution in [0.25, 0.3) is 0 Å². The standard InChI is InChI=1S/C15H22N2O/c1-11(13-5-3-4-6-13)16-14-7-9-15(10-8-14)17-12(2)18/h7-11,13,16H,3-6H2,1-2H3,(H,17,18). The average molecular weight is 246 g/mol. The minimum absolute atomic E-state index is 0.0324. The third-order valence-electron chi connectivity index (χ3n) is 3.71. The van der Waals surface area contributed by atoms with Crippen LogP contribution in [0, 0.1) is 5.92 Å². The van der Waals surface area contributed by atoms with Crippen molar-refractivity contribution in [1.29, 1.82) is 0 Å². The van der Waals surface area contributed by atoms with Gasteiger partial charge in [0, 0.05) is 24.3 Å². The Kier molecular flexibility index (Phi) is 4.24. The van der Waals surface area contributed by atoms with E-state index in [1.54, 1.807) is 0 Å². The van der Waals surface area contributed by atoms with Gasteiger partial charge in [-0.3, -0.25) is 4.79 Å². The maximum Gasteiger partial charge on any atom is 0.221 e. The van der Waals surface area contributed by atoms with Crippen LogP contribution in [0.4, 0.5) is 11.4 Å². The Morgan fingerprint density at radius 1 is 1.17 bits per heavy atom. The molecule has 1 amide bonds. The van der Waals surface area contributed by atoms with Crippen LogP contribution in [-0.4, -0.2) is 11.9 Å². The Morgan fingerprint density at radius 2 is 1.72 bits per heavy atom. The number of carbonyl (C=O) groups excluding carboxylic acids is 1. The maximum atomic E-state index is 10.9. The number of benzene rings is 1. The molecule has 18 heavy (non-hydrogen) atoms. The van der Waals surface area contributed by atoms with Crippen LogP contribution in [0.2, 0.25) is 0 Å². The summed E-state index contributed by atoms with van der Waals surface area (Å²) in [6.45, 7) is 3.78. The second-order valence-corrected chi connectivity index (χ2v) is 5.24. The molecule has 1 aliphatic rings. The van der Waals surface area contributed by atoms with Crippen LogP contribution in [-0.2, 0) is 4.79 Å². The third kappa shape index (κ3) is 3.49. The molecule has 3 nitrogen and oxygen atoms in total. The van der Waals surface area contributed by atoms with Gasteiger partial charge in [0.05, 0.1) is 0 Å². The molecule has 3 heteroatoms. The van der Waals surface area contributed by atoms with Crippen LogP contribution in [0.15, 0.2) is 24.3 Å². The summed E-state index contributed by atoms with van der Waals surface area (Å²) in [5.74, 6) is 0.773. The fourth-order valence-electron chi connectivity index (χ4n) is 2.69. The normalized spacial score (nSPS) is 17.4. The molecule has 1 fully saturated rings. The molecule has 0 spiro atoms. The van der Waals surface area contributed by atoms with Gasteiger partial charge in [-0.15, -0.1) is 0 Å². The molecule has 0 aromatic heterocycles. The van der Waals surface area contributed by atoms with E-state index in [2.05, 4.69) is 17.6 Å². The van der Waals surface area contributed by atoms with Gasteiger partial charge in [-0.2, -0.15) is 0 Å². The fraction of sp³-hybridized carbons (Fsp3) is 0.533. The summed E-state index contributed by atoms with van der Waals surface area (Å²) >= 11 is 0. The number of amides is 1. The Morgan fingerprint density at radius 3 is 2.28 bits per heavy atom. The van der Waals surface area contributed by atoms with Crippen molar-refractivity contribution in [3.05, 3.63) is 24.3 Å². The summed E-state index contributed by atoms with van der Waals surface area (Å²) in [6.07, 6.45) is 5.44. The highest BCUT2D eigenvalue weighted by Gasteiger charge is 2.21. The van der Waals surface area contributed by atoms with Crippen LogP contribution >= 0.6 is 0 Å². The van der Waals surface area contributed by atoms with Crippen molar-refractivity contribution in [2.75, 3.05) is 10.6 Å². The molecular formula is C15H22N2O. The first-order valence-electron chi connectivity index (χ1n) is 6.79. The van der Waals surface area contributed by atoms with Crippen LogP contribution in [0.3, 0.4) is 0 Å². The zero-order valence-corrected chi connectivity index (χ0v) is 11.2. The summed E-state index contributed by atoms with van der Waals surface area (Å²) in [4.78, 5) is 10.9. The second kappa shape index (κ2) is 5.89. The lowest BCUT2D eigenvalue weighted by Gasteiger charge is -2.21. The molecule has 1 atom stereocenters. The molecule has 1 aromatic carbocycles. The number of hydrogen-bond donors (Lipinski definition) is 2. The molecule has 2 N–H and O–H groups in total. The number of carbonyl (C=O) groups is 1. The van der Waals surface area contributed by atoms with Crippen molar-refractivity contribution in [2.45, 2.75) is 45.6 Å². The lowest BCUT2D eigenvalue weighted by molar-refractivity contribution is -0.114. The predicted octanol–water partition coefficient (Wildman–Crippen LogP) is 3.64. The molecule has 98 valence electrons. The monoisotopic (exact) mass is 246 g/mol. The van der Waals surface area contributed by atoms with Gasteiger partial charge in [0.1, 0.15) is 0 Å². The number of rotatable bonds is 4. The van der Waals surface area contributed by atoms with Crippen molar-refractivity contribution < 1.29 is 4.79 Å². The lowest BCUT2D eigenvalue weighted by atomic mass is 9.99. The summed E-state index contributed by atoms with van der Waals surface area (Å²) in [5.41, 5.74) is 1.98. The van der Waals surface area contributed by atoms with E-state index in [1.807, 2.05) is 24.3 Å². The van der Waals surface area contributed by atoms with Gasteiger partial charge >= 0.3 is 0 Å². The van der Waals surface area contributed by atoms with E-state index in [1.165, 1.54) is 32.6 Å². The first kappa shape index (κ1) is 12.9. The highest BCUT2D eigenvalue weighted by Crippen LogP contribution is 2.29. The summed E-state index contributed by atoms with van der Waals surface area (Å²) in [6, 6.07) is 8.45. The van der Waals surface area contributed by atoms with Gasteiger partial charge in [-0.25, -0.2) is 0 Å². The SMILES string of the molecule is CC(=O)Nc1ccc(NC(C)C2CCCC2)cc1. The van der Waals surface area contributed by atoms with Gasteiger partial charge in [0.15, 0.2) is 0 Å². The van der Waals surface area contributed by atoms with Crippen molar-refractivity contribution in [1.82, 2.24) is 0 Å². The minimum Gasteiger partial charge on any atom is -0.382 e. The Bertz CT molecular complexity index is 393. The van der Waals surface area contributed by atoms with E-state index in [9.17, 15) is 4.79 Å². The quantitative estimate of drug-likeness (QED) is 0.851. The van der Waals surface area contributed by atoms with Crippen molar-refractivity contribution in [3.63, 3.8) is 0 Å². The summed E-state index contributed by atoms with van der Waals surface area (Å²) in [7, 11) is 0. The van der Waals surface area contributed by atoms with E-state index in [0.717, 1.165) is 17.3 Å². The molecule has 1 aromatic rings. The van der Waals surface area contributed by atoms with Crippen LogP contribution < -0.4 is 10.6 Å². The Hall–Kier alpha value is -1.51. The second-order valence-electron chi connectivity index (χ2n) is 5.24. The third-order valence-corrected chi connectivity index (χ3v) is 3.71. The first-order valence-corrected chi connectivity index (χ1v) is 6.79. The van der Waals surface area contributed by atoms with Gasteiger partial charge in [0.25, 0.3) is 0 Å². The van der Waals surface area contributed by atoms with E-state index < -0.39 is 0 Å². The van der Waals surface area contributed by atoms with E-state index in [-0.39, 0.29) is 5.91 Å². The van der Waals surface area contributed by atoms with Crippen LogP contribution in [0.5, 0.6) is 0 Å². The van der Waals surface area contributed by atoms with Crippen molar-refractivity contribution in [3.8, 4) is 0 Å². The van der Waals surface area contributed by atoms with E-state index in [4.69, 9.17) is 0 Å². The van der Waals surface area contributed by atoms with Crippen molar-refractivity contribution in [2.24, 2.45) is 5.92 Å². The maximum absolute atomic E-state index is 10.9. The molecule has 0 heterocycles.